The number of aliphatic hydroxyl groups is 1. The molecule has 0 fully saturated rings. The number of aliphatic hydroxyl groups excluding tert-OH is 1. The largest absolute Gasteiger partial charge is 0.512 e. The molecular weight excluding hydrogens is 821 g/mol. The van der Waals surface area contributed by atoms with Crippen molar-refractivity contribution >= 4 is 69.6 Å². The van der Waals surface area contributed by atoms with Crippen LogP contribution in [-0.4, -0.2) is 20.9 Å². The Morgan fingerprint density at radius 3 is 2.14 bits per heavy atom. The Labute approximate surface area is 313 Å². The number of benzene rings is 3. The van der Waals surface area contributed by atoms with Gasteiger partial charge in [0.05, 0.1) is 5.52 Å². The molecule has 0 saturated heterocycles. The summed E-state index contributed by atoms with van der Waals surface area (Å²) in [5, 5.41) is 15.1. The Bertz CT molecular complexity index is 2140. The van der Waals surface area contributed by atoms with Gasteiger partial charge in [-0.1, -0.05) is 97.5 Å². The van der Waals surface area contributed by atoms with Crippen LogP contribution in [0.1, 0.15) is 98.4 Å². The van der Waals surface area contributed by atoms with Gasteiger partial charge in [-0.15, -0.1) is 51.8 Å². The van der Waals surface area contributed by atoms with Gasteiger partial charge < -0.3 is 5.11 Å². The first-order valence-electron chi connectivity index (χ1n) is 17.2. The Morgan fingerprint density at radius 1 is 0.857 bits per heavy atom. The molecule has 0 unspecified atom stereocenters. The van der Waals surface area contributed by atoms with Gasteiger partial charge in [0.2, 0.25) is 0 Å². The minimum absolute atomic E-state index is 0. The van der Waals surface area contributed by atoms with E-state index in [1.807, 2.05) is 52.9 Å². The van der Waals surface area contributed by atoms with Gasteiger partial charge in [0.25, 0.3) is 0 Å². The molecule has 3 aromatic carbocycles. The number of nitrogens with zero attached hydrogens (tertiary/aromatic N) is 2. The van der Waals surface area contributed by atoms with Gasteiger partial charge >= 0.3 is 0 Å². The fraction of sp³-hybridized carbons (Fsp3) is 0.405. The molecule has 0 atom stereocenters. The smallest absolute Gasteiger partial charge is 0.164 e. The number of ketones is 1. The molecule has 0 saturated carbocycles. The van der Waals surface area contributed by atoms with Crippen molar-refractivity contribution in [1.29, 1.82) is 0 Å². The third-order valence-corrected chi connectivity index (χ3v) is 12.7. The number of aryl methyl sites for hydroxylation is 1. The molecule has 0 spiro atoms. The van der Waals surface area contributed by atoms with Crippen LogP contribution in [0.15, 0.2) is 66.7 Å². The molecule has 3 heterocycles. The maximum Gasteiger partial charge on any atom is 0.164 e. The predicted molar refractivity (Wildman–Crippen MR) is 209 cm³/mol. The molecular formula is C42H49IrN2O2S2-. The average Bonchev–Trinajstić information content (AvgIpc) is 3.66. The van der Waals surface area contributed by atoms with Gasteiger partial charge in [0.15, 0.2) is 5.78 Å². The van der Waals surface area contributed by atoms with Crippen molar-refractivity contribution in [3.05, 3.63) is 83.2 Å². The van der Waals surface area contributed by atoms with E-state index in [1.165, 1.54) is 42.1 Å². The first-order chi connectivity index (χ1) is 22.7. The van der Waals surface area contributed by atoms with Crippen LogP contribution in [0.5, 0.6) is 0 Å². The van der Waals surface area contributed by atoms with Gasteiger partial charge in [-0.2, -0.15) is 0 Å². The molecule has 0 aliphatic carbocycles. The summed E-state index contributed by atoms with van der Waals surface area (Å²) in [5.41, 5.74) is 3.81. The average molecular weight is 870 g/mol. The molecule has 0 aliphatic heterocycles. The molecule has 6 rings (SSSR count). The summed E-state index contributed by atoms with van der Waals surface area (Å²) >= 11 is 3.64. The molecule has 49 heavy (non-hydrogen) atoms. The van der Waals surface area contributed by atoms with E-state index in [1.54, 1.807) is 17.7 Å². The first kappa shape index (κ1) is 38.8. The fourth-order valence-corrected chi connectivity index (χ4v) is 8.43. The number of aromatic nitrogens is 2. The number of carbonyl (C=O) groups excluding carboxylic acids is 1. The Kier molecular flexibility index (Phi) is 12.0. The minimum atomic E-state index is -0.337. The van der Waals surface area contributed by atoms with E-state index in [2.05, 4.69) is 82.3 Å². The van der Waals surface area contributed by atoms with E-state index in [4.69, 9.17) is 9.97 Å². The van der Waals surface area contributed by atoms with Crippen molar-refractivity contribution in [1.82, 2.24) is 9.97 Å². The van der Waals surface area contributed by atoms with Crippen LogP contribution in [0.25, 0.3) is 52.4 Å². The van der Waals surface area contributed by atoms with Crippen molar-refractivity contribution in [3.63, 3.8) is 0 Å². The van der Waals surface area contributed by atoms with E-state index in [-0.39, 0.29) is 47.9 Å². The number of allylic oxidation sites excluding steroid dienone is 2. The summed E-state index contributed by atoms with van der Waals surface area (Å²) in [7, 11) is 0. The summed E-state index contributed by atoms with van der Waals surface area (Å²) in [4.78, 5) is 23.0. The van der Waals surface area contributed by atoms with Crippen molar-refractivity contribution in [2.75, 3.05) is 0 Å². The van der Waals surface area contributed by atoms with E-state index in [9.17, 15) is 9.90 Å². The Balaban J connectivity index is 0.000000260. The Morgan fingerprint density at radius 2 is 1.51 bits per heavy atom. The number of rotatable bonds is 8. The van der Waals surface area contributed by atoms with Crippen molar-refractivity contribution < 1.29 is 30.0 Å². The van der Waals surface area contributed by atoms with Gasteiger partial charge in [-0.3, -0.25) is 9.78 Å². The fourth-order valence-electron chi connectivity index (χ4n) is 6.14. The van der Waals surface area contributed by atoms with Crippen molar-refractivity contribution in [2.45, 2.75) is 100 Å². The second-order valence-corrected chi connectivity index (χ2v) is 16.8. The standard InChI is InChI=1S/C27H21N2S2.C15H28O2.Ir/c1-15-11-17-9-10-21-22(25(17)30-15)24-26(31-21)23(28-14-29-24)18-12-16-7-5-6-8-19(16)20(13-18)27(2,3)4;1-7-14(5,8-2)12(16)11-13(17)15(6,9-3)10-4;/h5-11,13-14H,1-4H3;11,16H,7-10H2,1-6H3;/q-1;;/b;12-11-;. The summed E-state index contributed by atoms with van der Waals surface area (Å²) in [6, 6.07) is 21.2. The molecule has 6 aromatic rings. The quantitative estimate of drug-likeness (QED) is 0.0940. The summed E-state index contributed by atoms with van der Waals surface area (Å²) in [6.45, 7) is 21.1. The van der Waals surface area contributed by atoms with Crippen LogP contribution in [-0.2, 0) is 30.3 Å². The second-order valence-electron chi connectivity index (χ2n) is 14.5. The summed E-state index contributed by atoms with van der Waals surface area (Å²) in [6.07, 6.45) is 6.47. The molecule has 7 heteroatoms. The van der Waals surface area contributed by atoms with E-state index in [0.717, 1.165) is 52.5 Å². The Hall–Kier alpha value is -2.96. The number of hydrogen-bond acceptors (Lipinski definition) is 6. The zero-order chi connectivity index (χ0) is 35.0. The summed E-state index contributed by atoms with van der Waals surface area (Å²) < 4.78 is 3.73. The molecule has 0 bridgehead atoms. The van der Waals surface area contributed by atoms with E-state index in [0.29, 0.717) is 0 Å². The zero-order valence-corrected chi connectivity index (χ0v) is 34.5. The maximum absolute atomic E-state index is 12.2. The molecule has 261 valence electrons. The van der Waals surface area contributed by atoms with Gasteiger partial charge in [0, 0.05) is 67.1 Å². The van der Waals surface area contributed by atoms with Gasteiger partial charge in [-0.05, 0) is 55.5 Å². The molecule has 3 aromatic heterocycles. The van der Waals surface area contributed by atoms with Crippen LogP contribution < -0.4 is 0 Å². The predicted octanol–water partition coefficient (Wildman–Crippen LogP) is 12.9. The normalized spacial score (nSPS) is 12.7. The molecule has 1 N–H and O–H groups in total. The SMILES string of the molecule is CCC(C)(CC)C(=O)/C=C(\O)C(C)(CC)CC.Cc1cc2ccc3sc4c(-c5[c-]c6ccccc6c(C(C)(C)C)c5)ncnc4c3c2s1.[Ir]. The number of thiophene rings is 2. The molecule has 0 amide bonds. The number of carbonyl (C=O) groups is 1. The first-order valence-corrected chi connectivity index (χ1v) is 18.8. The molecule has 1 radical (unpaired) electrons. The van der Waals surface area contributed by atoms with Crippen LogP contribution in [0.3, 0.4) is 0 Å². The van der Waals surface area contributed by atoms with E-state index >= 15 is 0 Å². The third-order valence-electron chi connectivity index (χ3n) is 10.5. The van der Waals surface area contributed by atoms with Crippen LogP contribution in [0.2, 0.25) is 0 Å². The van der Waals surface area contributed by atoms with Crippen molar-refractivity contribution in [2.24, 2.45) is 10.8 Å². The van der Waals surface area contributed by atoms with Crippen LogP contribution in [0.4, 0.5) is 0 Å². The minimum Gasteiger partial charge on any atom is -0.512 e. The maximum atomic E-state index is 12.2. The monoisotopic (exact) mass is 870 g/mol. The summed E-state index contributed by atoms with van der Waals surface area (Å²) in [5.74, 6) is 0.286. The van der Waals surface area contributed by atoms with Gasteiger partial charge in [0.1, 0.15) is 12.1 Å². The van der Waals surface area contributed by atoms with E-state index < -0.39 is 0 Å². The van der Waals surface area contributed by atoms with Gasteiger partial charge in [-0.25, -0.2) is 4.98 Å². The van der Waals surface area contributed by atoms with Crippen LogP contribution in [0, 0.1) is 23.8 Å². The number of hydrogen-bond donors (Lipinski definition) is 1. The van der Waals surface area contributed by atoms with Crippen LogP contribution >= 0.6 is 22.7 Å². The third kappa shape index (κ3) is 7.56. The second kappa shape index (κ2) is 15.1. The zero-order valence-electron chi connectivity index (χ0n) is 30.5. The molecule has 0 aliphatic rings. The topological polar surface area (TPSA) is 63.1 Å². The van der Waals surface area contributed by atoms with Crippen molar-refractivity contribution in [3.8, 4) is 11.3 Å². The number of fused-ring (bicyclic) bond motifs is 6. The molecule has 4 nitrogen and oxygen atoms in total.